The van der Waals surface area contributed by atoms with Crippen LogP contribution in [0.25, 0.3) is 0 Å². The van der Waals surface area contributed by atoms with E-state index in [1.165, 1.54) is 0 Å². The molecular formula is C12H12F6O4. The van der Waals surface area contributed by atoms with Gasteiger partial charge in [0.1, 0.15) is 0 Å². The Labute approximate surface area is 120 Å². The summed E-state index contributed by atoms with van der Waals surface area (Å²) in [4.78, 5) is 22.3. The predicted octanol–water partition coefficient (Wildman–Crippen LogP) is 2.73. The fourth-order valence-electron chi connectivity index (χ4n) is 1.51. The van der Waals surface area contributed by atoms with E-state index in [9.17, 15) is 35.9 Å². The SMILES string of the molecule is O=c1c(OCCCC(F)(F)F)c(OCCCC(F)(F)F)c1=O. The zero-order chi connectivity index (χ0) is 17.0. The molecular weight excluding hydrogens is 322 g/mol. The maximum atomic E-state index is 11.9. The maximum Gasteiger partial charge on any atom is 0.389 e. The van der Waals surface area contributed by atoms with Crippen LogP contribution in [0.1, 0.15) is 25.7 Å². The fraction of sp³-hybridized carbons (Fsp3) is 0.667. The minimum Gasteiger partial charge on any atom is -0.486 e. The van der Waals surface area contributed by atoms with Gasteiger partial charge in [-0.3, -0.25) is 9.59 Å². The summed E-state index contributed by atoms with van der Waals surface area (Å²) in [5.74, 6) is -1.06. The van der Waals surface area contributed by atoms with Crippen molar-refractivity contribution in [2.75, 3.05) is 13.2 Å². The van der Waals surface area contributed by atoms with Crippen LogP contribution in [-0.2, 0) is 0 Å². The first kappa shape index (κ1) is 18.3. The highest BCUT2D eigenvalue weighted by Gasteiger charge is 2.29. The molecule has 0 bridgehead atoms. The molecule has 1 aromatic rings. The largest absolute Gasteiger partial charge is 0.486 e. The van der Waals surface area contributed by atoms with Crippen LogP contribution >= 0.6 is 0 Å². The fourth-order valence-corrected chi connectivity index (χ4v) is 1.51. The van der Waals surface area contributed by atoms with Gasteiger partial charge >= 0.3 is 12.4 Å². The molecule has 0 spiro atoms. The molecule has 1 aromatic carbocycles. The monoisotopic (exact) mass is 334 g/mol. The van der Waals surface area contributed by atoms with Gasteiger partial charge in [-0.2, -0.15) is 26.3 Å². The molecule has 1 rings (SSSR count). The molecule has 0 amide bonds. The summed E-state index contributed by atoms with van der Waals surface area (Å²) < 4.78 is 80.8. The topological polar surface area (TPSA) is 52.6 Å². The second kappa shape index (κ2) is 7.01. The van der Waals surface area contributed by atoms with Crippen molar-refractivity contribution in [3.63, 3.8) is 0 Å². The van der Waals surface area contributed by atoms with E-state index in [2.05, 4.69) is 0 Å². The Morgan fingerprint density at radius 1 is 0.682 bits per heavy atom. The van der Waals surface area contributed by atoms with E-state index in [1.54, 1.807) is 0 Å². The van der Waals surface area contributed by atoms with Gasteiger partial charge < -0.3 is 9.47 Å². The van der Waals surface area contributed by atoms with Crippen LogP contribution in [0, 0.1) is 0 Å². The molecule has 0 heterocycles. The van der Waals surface area contributed by atoms with Crippen molar-refractivity contribution in [3.8, 4) is 11.5 Å². The number of ether oxygens (including phenoxy) is 2. The highest BCUT2D eigenvalue weighted by molar-refractivity contribution is 5.45. The Hall–Kier alpha value is -1.74. The Morgan fingerprint density at radius 3 is 1.27 bits per heavy atom. The van der Waals surface area contributed by atoms with Gasteiger partial charge in [0.25, 0.3) is 10.9 Å². The summed E-state index contributed by atoms with van der Waals surface area (Å²) in [5.41, 5.74) is -2.12. The lowest BCUT2D eigenvalue weighted by Crippen LogP contribution is -2.34. The molecule has 0 aromatic heterocycles. The van der Waals surface area contributed by atoms with E-state index in [-0.39, 0.29) is 0 Å². The van der Waals surface area contributed by atoms with Crippen molar-refractivity contribution in [3.05, 3.63) is 20.4 Å². The van der Waals surface area contributed by atoms with Gasteiger partial charge in [0.2, 0.25) is 11.5 Å². The van der Waals surface area contributed by atoms with Crippen molar-refractivity contribution < 1.29 is 35.8 Å². The minimum absolute atomic E-state index is 0.421. The first-order chi connectivity index (χ1) is 10.0. The average molecular weight is 334 g/mol. The number of hydrogen-bond acceptors (Lipinski definition) is 4. The van der Waals surface area contributed by atoms with Crippen molar-refractivity contribution in [1.29, 1.82) is 0 Å². The van der Waals surface area contributed by atoms with Crippen molar-refractivity contribution in [2.45, 2.75) is 38.0 Å². The second-order valence-electron chi connectivity index (χ2n) is 4.45. The molecule has 22 heavy (non-hydrogen) atoms. The molecule has 0 radical (unpaired) electrons. The third-order valence-corrected chi connectivity index (χ3v) is 2.53. The van der Waals surface area contributed by atoms with Crippen LogP contribution in [0.3, 0.4) is 0 Å². The van der Waals surface area contributed by atoms with Gasteiger partial charge in [-0.1, -0.05) is 0 Å². The van der Waals surface area contributed by atoms with Crippen LogP contribution in [0.4, 0.5) is 26.3 Å². The molecule has 0 N–H and O–H groups in total. The number of hydrogen-bond donors (Lipinski definition) is 0. The molecule has 0 fully saturated rings. The van der Waals surface area contributed by atoms with E-state index in [1.807, 2.05) is 0 Å². The predicted molar refractivity (Wildman–Crippen MR) is 62.9 cm³/mol. The number of halogens is 6. The van der Waals surface area contributed by atoms with E-state index < -0.39 is 73.6 Å². The highest BCUT2D eigenvalue weighted by atomic mass is 19.4. The first-order valence-corrected chi connectivity index (χ1v) is 6.23. The van der Waals surface area contributed by atoms with Crippen LogP contribution in [0.2, 0.25) is 0 Å². The summed E-state index contributed by atoms with van der Waals surface area (Å²) in [6.45, 7) is -0.910. The molecule has 0 aliphatic rings. The van der Waals surface area contributed by atoms with Gasteiger partial charge in [0.05, 0.1) is 13.2 Å². The lowest BCUT2D eigenvalue weighted by Gasteiger charge is -2.14. The van der Waals surface area contributed by atoms with Crippen LogP contribution < -0.4 is 20.3 Å². The van der Waals surface area contributed by atoms with Crippen molar-refractivity contribution in [2.24, 2.45) is 0 Å². The third-order valence-electron chi connectivity index (χ3n) is 2.53. The van der Waals surface area contributed by atoms with Crippen LogP contribution in [-0.4, -0.2) is 25.6 Å². The normalized spacial score (nSPS) is 12.6. The summed E-state index contributed by atoms with van der Waals surface area (Å²) in [6, 6.07) is 0. The molecule has 0 unspecified atom stereocenters. The van der Waals surface area contributed by atoms with Gasteiger partial charge in [0.15, 0.2) is 0 Å². The quantitative estimate of drug-likeness (QED) is 0.417. The second-order valence-corrected chi connectivity index (χ2v) is 4.45. The molecule has 0 aliphatic heterocycles. The Kier molecular flexibility index (Phi) is 5.84. The molecule has 0 atom stereocenters. The van der Waals surface area contributed by atoms with Gasteiger partial charge in [-0.15, -0.1) is 0 Å². The van der Waals surface area contributed by atoms with E-state index >= 15 is 0 Å². The molecule has 0 saturated carbocycles. The molecule has 4 nitrogen and oxygen atoms in total. The third kappa shape index (κ3) is 5.94. The Balaban J connectivity index is 2.41. The van der Waals surface area contributed by atoms with Gasteiger partial charge in [-0.25, -0.2) is 0 Å². The van der Waals surface area contributed by atoms with Gasteiger partial charge in [0, 0.05) is 12.8 Å². The van der Waals surface area contributed by atoms with E-state index in [4.69, 9.17) is 9.47 Å². The molecule has 10 heteroatoms. The first-order valence-electron chi connectivity index (χ1n) is 6.23. The van der Waals surface area contributed by atoms with Crippen LogP contribution in [0.15, 0.2) is 9.59 Å². The summed E-state index contributed by atoms with van der Waals surface area (Å²) in [7, 11) is 0. The molecule has 126 valence electrons. The molecule has 0 aliphatic carbocycles. The lowest BCUT2D eigenvalue weighted by atomic mass is 10.2. The Morgan fingerprint density at radius 2 is 1.00 bits per heavy atom. The standard InChI is InChI=1S/C12H12F6O4/c13-11(14,15)3-1-5-21-9-7(19)8(20)10(9)22-6-2-4-12(16,17)18/h1-6H2. The Bertz CT molecular complexity index is 503. The van der Waals surface area contributed by atoms with Crippen molar-refractivity contribution in [1.82, 2.24) is 0 Å². The average Bonchev–Trinajstić information content (AvgIpc) is 2.37. The van der Waals surface area contributed by atoms with E-state index in [0.717, 1.165) is 0 Å². The van der Waals surface area contributed by atoms with Crippen molar-refractivity contribution >= 4 is 0 Å². The van der Waals surface area contributed by atoms with Crippen LogP contribution in [0.5, 0.6) is 11.5 Å². The number of rotatable bonds is 8. The summed E-state index contributed by atoms with van der Waals surface area (Å²) >= 11 is 0. The van der Waals surface area contributed by atoms with Gasteiger partial charge in [-0.05, 0) is 12.8 Å². The zero-order valence-electron chi connectivity index (χ0n) is 11.1. The maximum absolute atomic E-state index is 11.9. The zero-order valence-corrected chi connectivity index (χ0v) is 11.1. The lowest BCUT2D eigenvalue weighted by molar-refractivity contribution is -0.137. The summed E-state index contributed by atoms with van der Waals surface area (Å²) in [6.07, 6.45) is -11.8. The smallest absolute Gasteiger partial charge is 0.389 e. The summed E-state index contributed by atoms with van der Waals surface area (Å²) in [5, 5.41) is 0. The molecule has 0 saturated heterocycles. The number of alkyl halides is 6. The highest BCUT2D eigenvalue weighted by Crippen LogP contribution is 2.25. The minimum atomic E-state index is -4.37. The van der Waals surface area contributed by atoms with E-state index in [0.29, 0.717) is 0 Å².